The van der Waals surface area contributed by atoms with E-state index in [-0.39, 0.29) is 0 Å². The minimum absolute atomic E-state index is 0.305. The number of alkyl halides is 3. The quantitative estimate of drug-likeness (QED) is 0.734. The normalized spacial score (nSPS) is 11.1. The van der Waals surface area contributed by atoms with Crippen molar-refractivity contribution in [2.24, 2.45) is 0 Å². The Morgan fingerprint density at radius 3 is 2.16 bits per heavy atom. The summed E-state index contributed by atoms with van der Waals surface area (Å²) < 4.78 is 37.1. The number of rotatable bonds is 2. The molecule has 0 aliphatic carbocycles. The minimum atomic E-state index is -4.33. The molecule has 100 valence electrons. The number of nitrogens with one attached hydrogen (secondary N) is 3. The first-order valence-corrected chi connectivity index (χ1v) is 5.74. The molecule has 1 aromatic carbocycles. The molecule has 0 saturated carbocycles. The van der Waals surface area contributed by atoms with Crippen molar-refractivity contribution >= 4 is 28.7 Å². The van der Waals surface area contributed by atoms with Crippen molar-refractivity contribution in [1.82, 2.24) is 4.98 Å². The van der Waals surface area contributed by atoms with E-state index in [2.05, 4.69) is 15.6 Å². The summed E-state index contributed by atoms with van der Waals surface area (Å²) in [6.07, 6.45) is -0.897. The highest BCUT2D eigenvalue weighted by Gasteiger charge is 2.29. The van der Waals surface area contributed by atoms with Crippen molar-refractivity contribution in [3.05, 3.63) is 48.3 Å². The average Bonchev–Trinajstić information content (AvgIpc) is 2.81. The van der Waals surface area contributed by atoms with Crippen LogP contribution < -0.4 is 10.6 Å². The highest BCUT2D eigenvalue weighted by molar-refractivity contribution is 7.80. The minimum Gasteiger partial charge on any atom is -0.366 e. The summed E-state index contributed by atoms with van der Waals surface area (Å²) >= 11 is 5.03. The molecule has 0 fully saturated rings. The lowest BCUT2D eigenvalue weighted by atomic mass is 10.2. The lowest BCUT2D eigenvalue weighted by Gasteiger charge is -2.11. The second-order valence-electron chi connectivity index (χ2n) is 3.75. The number of thiocarbonyl (C=S) groups is 1. The predicted octanol–water partition coefficient (Wildman–Crippen LogP) is 3.84. The third-order valence-electron chi connectivity index (χ3n) is 2.33. The lowest BCUT2D eigenvalue weighted by molar-refractivity contribution is -0.137. The molecule has 1 aromatic heterocycles. The van der Waals surface area contributed by atoms with Crippen molar-refractivity contribution in [3.8, 4) is 0 Å². The summed E-state index contributed by atoms with van der Waals surface area (Å²) in [5, 5.41) is 5.98. The van der Waals surface area contributed by atoms with Gasteiger partial charge in [-0.25, -0.2) is 0 Å². The van der Waals surface area contributed by atoms with Gasteiger partial charge in [0.05, 0.1) is 11.3 Å². The smallest absolute Gasteiger partial charge is 0.366 e. The van der Waals surface area contributed by atoms with Crippen molar-refractivity contribution < 1.29 is 13.2 Å². The van der Waals surface area contributed by atoms with Gasteiger partial charge < -0.3 is 15.6 Å². The second kappa shape index (κ2) is 5.31. The number of hydrogen-bond donors (Lipinski definition) is 3. The standard InChI is InChI=1S/C12H10F3N3S/c13-12(14,15)8-1-3-9(4-2-8)17-11(19)18-10-5-6-16-7-10/h1-7,16H,(H2,17,18,19). The molecule has 0 amide bonds. The molecular weight excluding hydrogens is 275 g/mol. The van der Waals surface area contributed by atoms with Gasteiger partial charge in [-0.1, -0.05) is 0 Å². The Morgan fingerprint density at radius 1 is 1.00 bits per heavy atom. The van der Waals surface area contributed by atoms with Gasteiger partial charge in [0.15, 0.2) is 5.11 Å². The fourth-order valence-corrected chi connectivity index (χ4v) is 1.67. The van der Waals surface area contributed by atoms with Gasteiger partial charge in [-0.15, -0.1) is 0 Å². The van der Waals surface area contributed by atoms with Crippen LogP contribution in [0.5, 0.6) is 0 Å². The Bertz CT molecular complexity index is 547. The summed E-state index contributed by atoms with van der Waals surface area (Å²) in [5.74, 6) is 0. The van der Waals surface area contributed by atoms with E-state index >= 15 is 0 Å². The van der Waals surface area contributed by atoms with Crippen molar-refractivity contribution in [3.63, 3.8) is 0 Å². The van der Waals surface area contributed by atoms with Gasteiger partial charge in [0.2, 0.25) is 0 Å². The maximum absolute atomic E-state index is 12.4. The van der Waals surface area contributed by atoms with E-state index in [0.29, 0.717) is 10.8 Å². The Kier molecular flexibility index (Phi) is 3.75. The van der Waals surface area contributed by atoms with Crippen molar-refractivity contribution in [2.45, 2.75) is 6.18 Å². The highest BCUT2D eigenvalue weighted by Crippen LogP contribution is 2.29. The average molecular weight is 285 g/mol. The van der Waals surface area contributed by atoms with Crippen molar-refractivity contribution in [1.29, 1.82) is 0 Å². The van der Waals surface area contributed by atoms with E-state index in [0.717, 1.165) is 17.8 Å². The van der Waals surface area contributed by atoms with Gasteiger partial charge in [0.25, 0.3) is 0 Å². The molecule has 3 N–H and O–H groups in total. The molecule has 0 radical (unpaired) electrons. The van der Waals surface area contributed by atoms with E-state index in [1.54, 1.807) is 18.5 Å². The molecule has 0 bridgehead atoms. The summed E-state index contributed by atoms with van der Waals surface area (Å²) in [7, 11) is 0. The fourth-order valence-electron chi connectivity index (χ4n) is 1.44. The second-order valence-corrected chi connectivity index (χ2v) is 4.16. The molecule has 2 rings (SSSR count). The van der Waals surface area contributed by atoms with Crippen LogP contribution in [0.15, 0.2) is 42.7 Å². The zero-order valence-corrected chi connectivity index (χ0v) is 10.4. The SMILES string of the molecule is FC(F)(F)c1ccc(NC(=S)Nc2cc[nH]c2)cc1. The Labute approximate surface area is 112 Å². The van der Waals surface area contributed by atoms with Crippen LogP contribution in [0.3, 0.4) is 0 Å². The lowest BCUT2D eigenvalue weighted by Crippen LogP contribution is -2.18. The van der Waals surface area contributed by atoms with Crippen molar-refractivity contribution in [2.75, 3.05) is 10.6 Å². The van der Waals surface area contributed by atoms with E-state index in [1.165, 1.54) is 12.1 Å². The maximum Gasteiger partial charge on any atom is 0.416 e. The third kappa shape index (κ3) is 3.72. The maximum atomic E-state index is 12.4. The topological polar surface area (TPSA) is 39.8 Å². The number of anilines is 2. The molecule has 1 heterocycles. The number of aromatic amines is 1. The van der Waals surface area contributed by atoms with E-state index in [4.69, 9.17) is 12.2 Å². The van der Waals surface area contributed by atoms with Gasteiger partial charge in [0.1, 0.15) is 0 Å². The number of aromatic nitrogens is 1. The van der Waals surface area contributed by atoms with Crippen LogP contribution in [0.1, 0.15) is 5.56 Å². The largest absolute Gasteiger partial charge is 0.416 e. The fraction of sp³-hybridized carbons (Fsp3) is 0.0833. The van der Waals surface area contributed by atoms with E-state index < -0.39 is 11.7 Å². The number of hydrogen-bond acceptors (Lipinski definition) is 1. The first-order chi connectivity index (χ1) is 8.95. The summed E-state index contributed by atoms with van der Waals surface area (Å²) in [5.41, 5.74) is 0.563. The van der Waals surface area contributed by atoms with Crippen LogP contribution in [0.4, 0.5) is 24.5 Å². The molecule has 0 aliphatic rings. The zero-order valence-electron chi connectivity index (χ0n) is 9.58. The predicted molar refractivity (Wildman–Crippen MR) is 72.1 cm³/mol. The molecule has 0 aliphatic heterocycles. The molecule has 0 unspecified atom stereocenters. The van der Waals surface area contributed by atoms with Crippen LogP contribution in [0.25, 0.3) is 0 Å². The van der Waals surface area contributed by atoms with Crippen LogP contribution in [0.2, 0.25) is 0 Å². The monoisotopic (exact) mass is 285 g/mol. The molecule has 2 aromatic rings. The molecule has 0 spiro atoms. The summed E-state index contributed by atoms with van der Waals surface area (Å²) in [4.78, 5) is 2.85. The first kappa shape index (κ1) is 13.4. The molecule has 0 atom stereocenters. The van der Waals surface area contributed by atoms with E-state index in [1.807, 2.05) is 0 Å². The van der Waals surface area contributed by atoms with E-state index in [9.17, 15) is 13.2 Å². The van der Waals surface area contributed by atoms with Gasteiger partial charge in [-0.3, -0.25) is 0 Å². The number of halogens is 3. The molecule has 3 nitrogen and oxygen atoms in total. The Balaban J connectivity index is 1.98. The molecule has 19 heavy (non-hydrogen) atoms. The number of H-pyrrole nitrogens is 1. The van der Waals surface area contributed by atoms with Crippen LogP contribution in [-0.2, 0) is 6.18 Å². The molecular formula is C12H10F3N3S. The molecule has 7 heteroatoms. The van der Waals surface area contributed by atoms with Gasteiger partial charge in [-0.05, 0) is 42.5 Å². The van der Waals surface area contributed by atoms with Gasteiger partial charge in [0, 0.05) is 18.1 Å². The summed E-state index contributed by atoms with van der Waals surface area (Å²) in [6, 6.07) is 6.44. The summed E-state index contributed by atoms with van der Waals surface area (Å²) in [6.45, 7) is 0. The van der Waals surface area contributed by atoms with Crippen LogP contribution in [-0.4, -0.2) is 10.1 Å². The third-order valence-corrected chi connectivity index (χ3v) is 2.53. The van der Waals surface area contributed by atoms with Gasteiger partial charge >= 0.3 is 6.18 Å². The van der Waals surface area contributed by atoms with Crippen LogP contribution >= 0.6 is 12.2 Å². The Morgan fingerprint density at radius 2 is 1.63 bits per heavy atom. The first-order valence-electron chi connectivity index (χ1n) is 5.33. The number of benzene rings is 1. The zero-order chi connectivity index (χ0) is 13.9. The Hall–Kier alpha value is -2.02. The van der Waals surface area contributed by atoms with Crippen LogP contribution in [0, 0.1) is 0 Å². The molecule has 0 saturated heterocycles. The highest BCUT2D eigenvalue weighted by atomic mass is 32.1. The van der Waals surface area contributed by atoms with Gasteiger partial charge in [-0.2, -0.15) is 13.2 Å².